The van der Waals surface area contributed by atoms with E-state index >= 15 is 0 Å². The van der Waals surface area contributed by atoms with E-state index in [2.05, 4.69) is 10.3 Å². The van der Waals surface area contributed by atoms with Crippen LogP contribution in [0.1, 0.15) is 5.56 Å². The molecule has 8 heteroatoms. The van der Waals surface area contributed by atoms with Gasteiger partial charge in [-0.2, -0.15) is 0 Å². The maximum atomic E-state index is 13.2. The van der Waals surface area contributed by atoms with Crippen LogP contribution in [0.25, 0.3) is 32.5 Å². The topological polar surface area (TPSA) is 81.4 Å². The monoisotopic (exact) mass is 476 g/mol. The summed E-state index contributed by atoms with van der Waals surface area (Å²) >= 11 is 7.38. The second-order valence-corrected chi connectivity index (χ2v) is 8.84. The van der Waals surface area contributed by atoms with E-state index in [1.165, 1.54) is 11.3 Å². The van der Waals surface area contributed by atoms with Crippen LogP contribution in [0, 0.1) is 6.92 Å². The summed E-state index contributed by atoms with van der Waals surface area (Å²) in [4.78, 5) is 30.2. The van der Waals surface area contributed by atoms with Crippen molar-refractivity contribution in [2.45, 2.75) is 6.92 Å². The first kappa shape index (κ1) is 21.2. The minimum Gasteiger partial charge on any atom is -0.476 e. The standard InChI is InChI=1S/C25H17ClN2O4S/c1-14-5-4-8-19-21(14)28-25(33-19)27-20(29)13-31-24-22(30)17-6-2-3-7-18(17)32-23(24)15-9-11-16(26)12-10-15/h2-12H,13H2,1H3,(H,27,28,29). The number of halogens is 1. The minimum atomic E-state index is -0.429. The highest BCUT2D eigenvalue weighted by molar-refractivity contribution is 7.22. The fraction of sp³-hybridized carbons (Fsp3) is 0.0800. The highest BCUT2D eigenvalue weighted by Gasteiger charge is 2.19. The zero-order valence-corrected chi connectivity index (χ0v) is 19.0. The average Bonchev–Trinajstić information content (AvgIpc) is 3.23. The number of para-hydroxylation sites is 2. The number of nitrogens with zero attached hydrogens (tertiary/aromatic N) is 1. The molecular weight excluding hydrogens is 460 g/mol. The molecule has 164 valence electrons. The smallest absolute Gasteiger partial charge is 0.264 e. The number of benzene rings is 3. The van der Waals surface area contributed by atoms with Gasteiger partial charge < -0.3 is 9.15 Å². The van der Waals surface area contributed by atoms with Gasteiger partial charge >= 0.3 is 0 Å². The number of thiazole rings is 1. The summed E-state index contributed by atoms with van der Waals surface area (Å²) in [5, 5.41) is 4.13. The molecule has 1 N–H and O–H groups in total. The summed E-state index contributed by atoms with van der Waals surface area (Å²) < 4.78 is 12.7. The van der Waals surface area contributed by atoms with Gasteiger partial charge in [-0.15, -0.1) is 0 Å². The summed E-state index contributed by atoms with van der Waals surface area (Å²) in [5.41, 5.74) is 2.56. The molecular formula is C25H17ClN2O4S. The quantitative estimate of drug-likeness (QED) is 0.334. The molecule has 0 saturated heterocycles. The Balaban J connectivity index is 1.44. The molecule has 3 aromatic carbocycles. The van der Waals surface area contributed by atoms with Gasteiger partial charge in [0.2, 0.25) is 11.2 Å². The second-order valence-electron chi connectivity index (χ2n) is 7.37. The number of aromatic nitrogens is 1. The van der Waals surface area contributed by atoms with Crippen LogP contribution in [0.2, 0.25) is 5.02 Å². The number of carbonyl (C=O) groups excluding carboxylic acids is 1. The third kappa shape index (κ3) is 4.20. The largest absolute Gasteiger partial charge is 0.476 e. The molecule has 0 unspecified atom stereocenters. The normalized spacial score (nSPS) is 11.1. The van der Waals surface area contributed by atoms with Crippen molar-refractivity contribution in [1.29, 1.82) is 0 Å². The van der Waals surface area contributed by atoms with Gasteiger partial charge in [0.05, 0.1) is 15.6 Å². The van der Waals surface area contributed by atoms with Gasteiger partial charge in [-0.05, 0) is 55.0 Å². The number of hydrogen-bond donors (Lipinski definition) is 1. The molecule has 5 aromatic rings. The lowest BCUT2D eigenvalue weighted by molar-refractivity contribution is -0.118. The Kier molecular flexibility index (Phi) is 5.58. The van der Waals surface area contributed by atoms with Gasteiger partial charge in [0.1, 0.15) is 5.58 Å². The summed E-state index contributed by atoms with van der Waals surface area (Å²) in [6.45, 7) is 1.59. The maximum absolute atomic E-state index is 13.2. The first-order valence-electron chi connectivity index (χ1n) is 10.1. The average molecular weight is 477 g/mol. The number of hydrogen-bond acceptors (Lipinski definition) is 6. The van der Waals surface area contributed by atoms with Gasteiger partial charge in [0, 0.05) is 10.6 Å². The Morgan fingerprint density at radius 1 is 1.09 bits per heavy atom. The highest BCUT2D eigenvalue weighted by atomic mass is 35.5. The van der Waals surface area contributed by atoms with E-state index in [0.717, 1.165) is 15.8 Å². The number of aryl methyl sites for hydroxylation is 1. The van der Waals surface area contributed by atoms with Crippen molar-refractivity contribution in [1.82, 2.24) is 4.98 Å². The van der Waals surface area contributed by atoms with E-state index in [1.54, 1.807) is 48.5 Å². The van der Waals surface area contributed by atoms with Gasteiger partial charge in [-0.3, -0.25) is 14.9 Å². The Hall–Kier alpha value is -3.68. The lowest BCUT2D eigenvalue weighted by Gasteiger charge is -2.11. The van der Waals surface area contributed by atoms with Crippen molar-refractivity contribution in [2.75, 3.05) is 11.9 Å². The van der Waals surface area contributed by atoms with Crippen molar-refractivity contribution in [2.24, 2.45) is 0 Å². The van der Waals surface area contributed by atoms with Crippen LogP contribution < -0.4 is 15.5 Å². The molecule has 0 radical (unpaired) electrons. The third-order valence-electron chi connectivity index (χ3n) is 5.08. The SMILES string of the molecule is Cc1cccc2sc(NC(=O)COc3c(-c4ccc(Cl)cc4)oc4ccccc4c3=O)nc12. The molecule has 2 heterocycles. The molecule has 33 heavy (non-hydrogen) atoms. The fourth-order valence-electron chi connectivity index (χ4n) is 3.48. The number of carbonyl (C=O) groups is 1. The van der Waals surface area contributed by atoms with E-state index in [-0.39, 0.29) is 23.5 Å². The van der Waals surface area contributed by atoms with Crippen LogP contribution in [0.15, 0.2) is 75.9 Å². The number of nitrogens with one attached hydrogen (secondary N) is 1. The van der Waals surface area contributed by atoms with Crippen LogP contribution in [0.3, 0.4) is 0 Å². The van der Waals surface area contributed by atoms with Crippen molar-refractivity contribution >= 4 is 55.2 Å². The molecule has 0 aliphatic carbocycles. The molecule has 0 spiro atoms. The molecule has 0 bridgehead atoms. The van der Waals surface area contributed by atoms with E-state index in [4.69, 9.17) is 20.8 Å². The molecule has 2 aromatic heterocycles. The number of ether oxygens (including phenoxy) is 1. The van der Waals surface area contributed by atoms with Crippen LogP contribution in [-0.2, 0) is 4.79 Å². The first-order chi connectivity index (χ1) is 16.0. The molecule has 5 rings (SSSR count). The molecule has 1 amide bonds. The van der Waals surface area contributed by atoms with E-state index in [0.29, 0.717) is 26.7 Å². The van der Waals surface area contributed by atoms with Crippen LogP contribution in [0.5, 0.6) is 5.75 Å². The highest BCUT2D eigenvalue weighted by Crippen LogP contribution is 2.32. The Labute approximate surface area is 197 Å². The summed E-state index contributed by atoms with van der Waals surface area (Å²) in [6, 6.07) is 19.6. The van der Waals surface area contributed by atoms with Crippen molar-refractivity contribution in [3.63, 3.8) is 0 Å². The van der Waals surface area contributed by atoms with Gasteiger partial charge in [0.15, 0.2) is 17.5 Å². The number of rotatable bonds is 5. The zero-order chi connectivity index (χ0) is 22.9. The van der Waals surface area contributed by atoms with Gasteiger partial charge in [-0.25, -0.2) is 4.98 Å². The predicted octanol–water partition coefficient (Wildman–Crippen LogP) is 6.05. The van der Waals surface area contributed by atoms with Crippen molar-refractivity contribution in [3.8, 4) is 17.1 Å². The minimum absolute atomic E-state index is 0.0358. The summed E-state index contributed by atoms with van der Waals surface area (Å²) in [6.07, 6.45) is 0. The Morgan fingerprint density at radius 3 is 2.67 bits per heavy atom. The lowest BCUT2D eigenvalue weighted by Crippen LogP contribution is -2.22. The van der Waals surface area contributed by atoms with Crippen LogP contribution in [0.4, 0.5) is 5.13 Å². The first-order valence-corrected chi connectivity index (χ1v) is 11.3. The van der Waals surface area contributed by atoms with E-state index in [9.17, 15) is 9.59 Å². The Bertz CT molecular complexity index is 1560. The lowest BCUT2D eigenvalue weighted by atomic mass is 10.1. The molecule has 0 aliphatic rings. The summed E-state index contributed by atoms with van der Waals surface area (Å²) in [7, 11) is 0. The number of fused-ring (bicyclic) bond motifs is 2. The van der Waals surface area contributed by atoms with Crippen molar-refractivity contribution < 1.29 is 13.9 Å². The molecule has 0 atom stereocenters. The Morgan fingerprint density at radius 2 is 1.88 bits per heavy atom. The summed E-state index contributed by atoms with van der Waals surface area (Å²) in [5.74, 6) is -0.230. The predicted molar refractivity (Wildman–Crippen MR) is 131 cm³/mol. The van der Waals surface area contributed by atoms with Gasteiger partial charge in [-0.1, -0.05) is 47.2 Å². The number of amides is 1. The second kappa shape index (κ2) is 8.69. The van der Waals surface area contributed by atoms with Crippen LogP contribution >= 0.6 is 22.9 Å². The molecule has 6 nitrogen and oxygen atoms in total. The third-order valence-corrected chi connectivity index (χ3v) is 6.27. The van der Waals surface area contributed by atoms with E-state index in [1.807, 2.05) is 25.1 Å². The maximum Gasteiger partial charge on any atom is 0.264 e. The van der Waals surface area contributed by atoms with E-state index < -0.39 is 5.91 Å². The van der Waals surface area contributed by atoms with Crippen LogP contribution in [-0.4, -0.2) is 17.5 Å². The molecule has 0 fully saturated rings. The fourth-order valence-corrected chi connectivity index (χ4v) is 4.57. The zero-order valence-electron chi connectivity index (χ0n) is 17.4. The molecule has 0 aliphatic heterocycles. The number of anilines is 1. The van der Waals surface area contributed by atoms with Crippen molar-refractivity contribution in [3.05, 3.63) is 87.5 Å². The van der Waals surface area contributed by atoms with Gasteiger partial charge in [0.25, 0.3) is 5.91 Å². The molecule has 0 saturated carbocycles.